The summed E-state index contributed by atoms with van der Waals surface area (Å²) >= 11 is 0. The van der Waals surface area contributed by atoms with Crippen molar-refractivity contribution in [3.05, 3.63) is 0 Å². The molecule has 118 valence electrons. The third-order valence-corrected chi connectivity index (χ3v) is 6.03. The van der Waals surface area contributed by atoms with Crippen LogP contribution in [-0.4, -0.2) is 30.1 Å². The van der Waals surface area contributed by atoms with Crippen molar-refractivity contribution in [2.24, 2.45) is 17.1 Å². The molecule has 0 aromatic rings. The van der Waals surface area contributed by atoms with Gasteiger partial charge in [0, 0.05) is 12.1 Å². The summed E-state index contributed by atoms with van der Waals surface area (Å²) in [7, 11) is 0. The van der Waals surface area contributed by atoms with Gasteiger partial charge in [0.2, 0.25) is 0 Å². The first-order valence-corrected chi connectivity index (χ1v) is 8.93. The van der Waals surface area contributed by atoms with Crippen LogP contribution in [0.15, 0.2) is 0 Å². The molecule has 2 aliphatic rings. The zero-order valence-electron chi connectivity index (χ0n) is 14.1. The van der Waals surface area contributed by atoms with E-state index in [1.54, 1.807) is 0 Å². The maximum Gasteiger partial charge on any atom is 0.0331 e. The molecule has 1 aliphatic carbocycles. The van der Waals surface area contributed by atoms with E-state index in [0.717, 1.165) is 12.5 Å². The third kappa shape index (κ3) is 3.76. The Morgan fingerprint density at radius 1 is 0.950 bits per heavy atom. The van der Waals surface area contributed by atoms with E-state index >= 15 is 0 Å². The van der Waals surface area contributed by atoms with Crippen LogP contribution in [0.3, 0.4) is 0 Å². The summed E-state index contributed by atoms with van der Waals surface area (Å²) in [6.07, 6.45) is 12.4. The molecule has 2 unspecified atom stereocenters. The van der Waals surface area contributed by atoms with E-state index in [1.165, 1.54) is 70.9 Å². The minimum atomic E-state index is 0.324. The van der Waals surface area contributed by atoms with Gasteiger partial charge in [-0.15, -0.1) is 0 Å². The molecule has 1 saturated carbocycles. The van der Waals surface area contributed by atoms with E-state index in [4.69, 9.17) is 5.73 Å². The van der Waals surface area contributed by atoms with Crippen LogP contribution in [0, 0.1) is 11.3 Å². The van der Waals surface area contributed by atoms with Crippen molar-refractivity contribution in [1.29, 1.82) is 0 Å². The van der Waals surface area contributed by atoms with Gasteiger partial charge in [-0.2, -0.15) is 0 Å². The molecule has 2 fully saturated rings. The second-order valence-corrected chi connectivity index (χ2v) is 8.32. The fourth-order valence-electron chi connectivity index (χ4n) is 4.45. The van der Waals surface area contributed by atoms with Crippen molar-refractivity contribution >= 4 is 0 Å². The summed E-state index contributed by atoms with van der Waals surface area (Å²) in [5, 5.41) is 0. The lowest BCUT2D eigenvalue weighted by Crippen LogP contribution is -2.54. The van der Waals surface area contributed by atoms with E-state index < -0.39 is 0 Å². The second kappa shape index (κ2) is 6.79. The van der Waals surface area contributed by atoms with Crippen LogP contribution < -0.4 is 5.73 Å². The van der Waals surface area contributed by atoms with E-state index in [2.05, 4.69) is 25.7 Å². The first-order valence-electron chi connectivity index (χ1n) is 8.93. The Morgan fingerprint density at radius 2 is 1.60 bits per heavy atom. The maximum absolute atomic E-state index is 6.30. The first kappa shape index (κ1) is 16.3. The van der Waals surface area contributed by atoms with Gasteiger partial charge in [0.05, 0.1) is 0 Å². The summed E-state index contributed by atoms with van der Waals surface area (Å²) < 4.78 is 0. The summed E-state index contributed by atoms with van der Waals surface area (Å²) in [6, 6.07) is 0. The Balaban J connectivity index is 2.06. The van der Waals surface area contributed by atoms with Crippen LogP contribution >= 0.6 is 0 Å². The van der Waals surface area contributed by atoms with Crippen LogP contribution in [0.2, 0.25) is 0 Å². The average Bonchev–Trinajstić information content (AvgIpc) is 2.79. The monoisotopic (exact) mass is 280 g/mol. The van der Waals surface area contributed by atoms with Gasteiger partial charge < -0.3 is 5.73 Å². The van der Waals surface area contributed by atoms with Crippen LogP contribution in [0.5, 0.6) is 0 Å². The van der Waals surface area contributed by atoms with E-state index in [1.807, 2.05) is 0 Å². The number of likely N-dealkylation sites (tertiary alicyclic amines) is 1. The standard InChI is InChI=1S/C18H36N2/c1-17(2,3)16-9-8-11-18(15-19,12-10-16)20-13-6-4-5-7-14-20/h16H,4-15,19H2,1-3H3. The van der Waals surface area contributed by atoms with Gasteiger partial charge in [-0.25, -0.2) is 0 Å². The molecule has 2 N–H and O–H groups in total. The highest BCUT2D eigenvalue weighted by Crippen LogP contribution is 2.41. The first-order chi connectivity index (χ1) is 9.48. The molecule has 1 saturated heterocycles. The molecule has 2 atom stereocenters. The molecule has 2 heteroatoms. The lowest BCUT2D eigenvalue weighted by molar-refractivity contribution is 0.0780. The molecule has 2 nitrogen and oxygen atoms in total. The van der Waals surface area contributed by atoms with E-state index in [-0.39, 0.29) is 0 Å². The third-order valence-electron chi connectivity index (χ3n) is 6.03. The van der Waals surface area contributed by atoms with Crippen molar-refractivity contribution in [3.63, 3.8) is 0 Å². The Labute approximate surface area is 126 Å². The van der Waals surface area contributed by atoms with Crippen LogP contribution in [0.25, 0.3) is 0 Å². The van der Waals surface area contributed by atoms with Crippen LogP contribution in [0.1, 0.15) is 78.6 Å². The molecule has 0 aromatic heterocycles. The lowest BCUT2D eigenvalue weighted by Gasteiger charge is -2.43. The topological polar surface area (TPSA) is 29.3 Å². The highest BCUT2D eigenvalue weighted by atomic mass is 15.2. The average molecular weight is 280 g/mol. The molecule has 1 heterocycles. The van der Waals surface area contributed by atoms with Crippen molar-refractivity contribution in [2.75, 3.05) is 19.6 Å². The number of nitrogens with zero attached hydrogens (tertiary/aromatic N) is 1. The molecular formula is C18H36N2. The zero-order valence-corrected chi connectivity index (χ0v) is 14.1. The molecule has 2 rings (SSSR count). The minimum Gasteiger partial charge on any atom is -0.329 e. The number of rotatable bonds is 2. The Bertz CT molecular complexity index is 286. The molecule has 0 spiro atoms. The van der Waals surface area contributed by atoms with Crippen LogP contribution in [-0.2, 0) is 0 Å². The van der Waals surface area contributed by atoms with Crippen molar-refractivity contribution < 1.29 is 0 Å². The Kier molecular flexibility index (Phi) is 5.53. The van der Waals surface area contributed by atoms with Gasteiger partial charge in [0.1, 0.15) is 0 Å². The van der Waals surface area contributed by atoms with Crippen molar-refractivity contribution in [1.82, 2.24) is 4.90 Å². The quantitative estimate of drug-likeness (QED) is 0.769. The molecule has 0 amide bonds. The second-order valence-electron chi connectivity index (χ2n) is 8.32. The highest BCUT2D eigenvalue weighted by molar-refractivity contribution is 4.96. The van der Waals surface area contributed by atoms with Gasteiger partial charge in [-0.05, 0) is 62.9 Å². The van der Waals surface area contributed by atoms with Crippen LogP contribution in [0.4, 0.5) is 0 Å². The zero-order chi connectivity index (χ0) is 14.6. The number of nitrogens with two attached hydrogens (primary N) is 1. The fraction of sp³-hybridized carbons (Fsp3) is 1.00. The van der Waals surface area contributed by atoms with Gasteiger partial charge in [0.25, 0.3) is 0 Å². The van der Waals surface area contributed by atoms with Crippen molar-refractivity contribution in [3.8, 4) is 0 Å². The Hall–Kier alpha value is -0.0800. The summed E-state index contributed by atoms with van der Waals surface area (Å²) in [5.41, 5.74) is 7.09. The normalized spacial score (nSPS) is 34.5. The summed E-state index contributed by atoms with van der Waals surface area (Å²) in [5.74, 6) is 0.878. The Morgan fingerprint density at radius 3 is 2.15 bits per heavy atom. The van der Waals surface area contributed by atoms with Gasteiger partial charge in [0.15, 0.2) is 0 Å². The number of hydrogen-bond donors (Lipinski definition) is 1. The highest BCUT2D eigenvalue weighted by Gasteiger charge is 2.39. The maximum atomic E-state index is 6.30. The predicted molar refractivity (Wildman–Crippen MR) is 87.9 cm³/mol. The lowest BCUT2D eigenvalue weighted by atomic mass is 9.76. The molecule has 1 aliphatic heterocycles. The van der Waals surface area contributed by atoms with Gasteiger partial charge >= 0.3 is 0 Å². The van der Waals surface area contributed by atoms with Crippen molar-refractivity contribution in [2.45, 2.75) is 84.1 Å². The molecule has 20 heavy (non-hydrogen) atoms. The molecule has 0 radical (unpaired) electrons. The largest absolute Gasteiger partial charge is 0.329 e. The van der Waals surface area contributed by atoms with E-state index in [0.29, 0.717) is 11.0 Å². The van der Waals surface area contributed by atoms with E-state index in [9.17, 15) is 0 Å². The minimum absolute atomic E-state index is 0.324. The van der Waals surface area contributed by atoms with Gasteiger partial charge in [-0.1, -0.05) is 40.0 Å². The predicted octanol–water partition coefficient (Wildman–Crippen LogP) is 4.19. The molecular weight excluding hydrogens is 244 g/mol. The SMILES string of the molecule is CC(C)(C)C1CCCC(CN)(N2CCCCCC2)CC1. The number of hydrogen-bond acceptors (Lipinski definition) is 2. The molecule has 0 aromatic carbocycles. The smallest absolute Gasteiger partial charge is 0.0331 e. The summed E-state index contributed by atoms with van der Waals surface area (Å²) in [6.45, 7) is 10.7. The molecule has 0 bridgehead atoms. The fourth-order valence-corrected chi connectivity index (χ4v) is 4.45. The van der Waals surface area contributed by atoms with Gasteiger partial charge in [-0.3, -0.25) is 4.90 Å². The summed E-state index contributed by atoms with van der Waals surface area (Å²) in [4.78, 5) is 2.78.